The van der Waals surface area contributed by atoms with Crippen LogP contribution in [0.15, 0.2) is 41.1 Å². The second-order valence-electron chi connectivity index (χ2n) is 3.52. The van der Waals surface area contributed by atoms with E-state index in [0.717, 1.165) is 11.1 Å². The first kappa shape index (κ1) is 11.7. The highest BCUT2D eigenvalue weighted by Gasteiger charge is 2.07. The monoisotopic (exact) mass is 250 g/mol. The van der Waals surface area contributed by atoms with Crippen LogP contribution in [0.1, 0.15) is 21.6 Å². The van der Waals surface area contributed by atoms with Crippen LogP contribution in [0, 0.1) is 0 Å². The van der Waals surface area contributed by atoms with Gasteiger partial charge in [0.05, 0.1) is 0 Å². The van der Waals surface area contributed by atoms with Crippen molar-refractivity contribution in [3.8, 4) is 0 Å². The molecule has 0 saturated carbocycles. The molecule has 0 aliphatic heterocycles. The lowest BCUT2D eigenvalue weighted by Gasteiger charge is -2.03. The molecule has 0 aliphatic carbocycles. The van der Waals surface area contributed by atoms with Gasteiger partial charge >= 0.3 is 0 Å². The van der Waals surface area contributed by atoms with Crippen molar-refractivity contribution in [2.75, 3.05) is 0 Å². The third kappa shape index (κ3) is 3.07. The van der Waals surface area contributed by atoms with Gasteiger partial charge in [-0.1, -0.05) is 29.4 Å². The van der Waals surface area contributed by atoms with Crippen LogP contribution in [0.3, 0.4) is 0 Å². The van der Waals surface area contributed by atoms with Crippen LogP contribution in [0.5, 0.6) is 0 Å². The lowest BCUT2D eigenvalue weighted by molar-refractivity contribution is 0.0942. The van der Waals surface area contributed by atoms with E-state index in [1.165, 1.54) is 12.3 Å². The number of nitrogens with one attached hydrogen (secondary N) is 1. The molecule has 0 spiro atoms. The molecule has 1 aromatic heterocycles. The first-order valence-electron chi connectivity index (χ1n) is 5.12. The molecule has 88 valence electrons. The Morgan fingerprint density at radius 2 is 1.94 bits per heavy atom. The number of hydrogen-bond donors (Lipinski definition) is 1. The highest BCUT2D eigenvalue weighted by Crippen LogP contribution is 2.06. The number of halogens is 1. The molecule has 0 atom stereocenters. The van der Waals surface area contributed by atoms with Gasteiger partial charge in [-0.3, -0.25) is 4.79 Å². The maximum Gasteiger partial charge on any atom is 0.273 e. The van der Waals surface area contributed by atoms with E-state index in [1.807, 2.05) is 24.3 Å². The van der Waals surface area contributed by atoms with Crippen LogP contribution in [0.2, 0.25) is 0 Å². The number of benzene rings is 1. The summed E-state index contributed by atoms with van der Waals surface area (Å²) in [7, 11) is 0. The highest BCUT2D eigenvalue weighted by molar-refractivity contribution is 6.17. The second kappa shape index (κ2) is 5.50. The van der Waals surface area contributed by atoms with Gasteiger partial charge in [0.2, 0.25) is 0 Å². The maximum atomic E-state index is 11.5. The molecule has 0 aliphatic rings. The third-order valence-corrected chi connectivity index (χ3v) is 2.61. The standard InChI is InChI=1S/C12H11ClN2O2/c13-7-9-1-3-10(4-2-9)8-14-12(16)11-5-6-17-15-11/h1-6H,7-8H2,(H,14,16). The summed E-state index contributed by atoms with van der Waals surface area (Å²) in [5, 5.41) is 6.30. The van der Waals surface area contributed by atoms with Gasteiger partial charge in [0.1, 0.15) is 6.26 Å². The minimum Gasteiger partial charge on any atom is -0.364 e. The fraction of sp³-hybridized carbons (Fsp3) is 0.167. The SMILES string of the molecule is O=C(NCc1ccc(CCl)cc1)c1ccon1. The van der Waals surface area contributed by atoms with Crippen LogP contribution < -0.4 is 5.32 Å². The topological polar surface area (TPSA) is 55.1 Å². The van der Waals surface area contributed by atoms with Crippen LogP contribution in [-0.2, 0) is 12.4 Å². The Morgan fingerprint density at radius 3 is 2.53 bits per heavy atom. The van der Waals surface area contributed by atoms with E-state index in [-0.39, 0.29) is 11.6 Å². The molecule has 0 fully saturated rings. The van der Waals surface area contributed by atoms with Gasteiger partial charge in [-0.2, -0.15) is 0 Å². The largest absolute Gasteiger partial charge is 0.364 e. The molecule has 1 amide bonds. The summed E-state index contributed by atoms with van der Waals surface area (Å²) >= 11 is 5.69. The van der Waals surface area contributed by atoms with Crippen molar-refractivity contribution in [2.24, 2.45) is 0 Å². The predicted molar refractivity (Wildman–Crippen MR) is 63.7 cm³/mol. The number of aromatic nitrogens is 1. The third-order valence-electron chi connectivity index (χ3n) is 2.30. The number of nitrogens with zero attached hydrogens (tertiary/aromatic N) is 1. The van der Waals surface area contributed by atoms with Crippen LogP contribution in [0.25, 0.3) is 0 Å². The zero-order valence-electron chi connectivity index (χ0n) is 9.02. The first-order chi connectivity index (χ1) is 8.29. The van der Waals surface area contributed by atoms with Crippen LogP contribution >= 0.6 is 11.6 Å². The normalized spacial score (nSPS) is 10.2. The molecule has 1 heterocycles. The number of rotatable bonds is 4. The Labute approximate surface area is 104 Å². The Hall–Kier alpha value is -1.81. The van der Waals surface area contributed by atoms with E-state index in [4.69, 9.17) is 11.6 Å². The van der Waals surface area contributed by atoms with Gasteiger partial charge in [0.25, 0.3) is 5.91 Å². The molecule has 17 heavy (non-hydrogen) atoms. The fourth-order valence-electron chi connectivity index (χ4n) is 1.35. The summed E-state index contributed by atoms with van der Waals surface area (Å²) in [6.45, 7) is 0.453. The summed E-state index contributed by atoms with van der Waals surface area (Å²) in [6, 6.07) is 9.25. The molecular formula is C12H11ClN2O2. The molecule has 0 saturated heterocycles. The number of amides is 1. The number of carbonyl (C=O) groups excluding carboxylic acids is 1. The zero-order chi connectivity index (χ0) is 12.1. The van der Waals surface area contributed by atoms with E-state index < -0.39 is 0 Å². The van der Waals surface area contributed by atoms with Crippen molar-refractivity contribution in [2.45, 2.75) is 12.4 Å². The lowest BCUT2D eigenvalue weighted by atomic mass is 10.1. The molecule has 0 bridgehead atoms. The molecule has 2 rings (SSSR count). The molecule has 5 heteroatoms. The Kier molecular flexibility index (Phi) is 3.77. The van der Waals surface area contributed by atoms with Gasteiger partial charge in [0.15, 0.2) is 5.69 Å². The Bertz CT molecular complexity index is 480. The van der Waals surface area contributed by atoms with Gasteiger partial charge in [-0.15, -0.1) is 11.6 Å². The summed E-state index contributed by atoms with van der Waals surface area (Å²) < 4.78 is 4.59. The first-order valence-corrected chi connectivity index (χ1v) is 5.65. The molecule has 0 radical (unpaired) electrons. The van der Waals surface area contributed by atoms with E-state index in [0.29, 0.717) is 12.4 Å². The maximum absolute atomic E-state index is 11.5. The van der Waals surface area contributed by atoms with Crippen molar-refractivity contribution >= 4 is 17.5 Å². The average Bonchev–Trinajstić information content (AvgIpc) is 2.90. The van der Waals surface area contributed by atoms with Crippen molar-refractivity contribution in [1.82, 2.24) is 10.5 Å². The number of alkyl halides is 1. The molecule has 2 aromatic rings. The van der Waals surface area contributed by atoms with E-state index >= 15 is 0 Å². The summed E-state index contributed by atoms with van der Waals surface area (Å²) in [6.07, 6.45) is 1.37. The summed E-state index contributed by atoms with van der Waals surface area (Å²) in [5.41, 5.74) is 2.34. The number of carbonyl (C=O) groups is 1. The zero-order valence-corrected chi connectivity index (χ0v) is 9.78. The molecule has 4 nitrogen and oxygen atoms in total. The molecule has 1 aromatic carbocycles. The Morgan fingerprint density at radius 1 is 1.24 bits per heavy atom. The highest BCUT2D eigenvalue weighted by atomic mass is 35.5. The molecule has 0 unspecified atom stereocenters. The van der Waals surface area contributed by atoms with E-state index in [9.17, 15) is 4.79 Å². The van der Waals surface area contributed by atoms with Gasteiger partial charge in [0, 0.05) is 18.5 Å². The molecule has 1 N–H and O–H groups in total. The predicted octanol–water partition coefficient (Wildman–Crippen LogP) is 2.34. The quantitative estimate of drug-likeness (QED) is 0.848. The minimum absolute atomic E-state index is 0.250. The minimum atomic E-state index is -0.250. The van der Waals surface area contributed by atoms with Crippen molar-refractivity contribution in [3.63, 3.8) is 0 Å². The Balaban J connectivity index is 1.91. The second-order valence-corrected chi connectivity index (χ2v) is 3.78. The smallest absolute Gasteiger partial charge is 0.273 e. The average molecular weight is 251 g/mol. The van der Waals surface area contributed by atoms with E-state index in [1.54, 1.807) is 0 Å². The lowest BCUT2D eigenvalue weighted by Crippen LogP contribution is -2.22. The number of hydrogen-bond acceptors (Lipinski definition) is 3. The molecular weight excluding hydrogens is 240 g/mol. The van der Waals surface area contributed by atoms with Gasteiger partial charge in [-0.05, 0) is 11.1 Å². The van der Waals surface area contributed by atoms with Crippen LogP contribution in [-0.4, -0.2) is 11.1 Å². The summed E-state index contributed by atoms with van der Waals surface area (Å²) in [5.74, 6) is 0.242. The van der Waals surface area contributed by atoms with Crippen molar-refractivity contribution in [3.05, 3.63) is 53.4 Å². The summed E-state index contributed by atoms with van der Waals surface area (Å²) in [4.78, 5) is 11.5. The van der Waals surface area contributed by atoms with Gasteiger partial charge < -0.3 is 9.84 Å². The van der Waals surface area contributed by atoms with Crippen molar-refractivity contribution in [1.29, 1.82) is 0 Å². The van der Waals surface area contributed by atoms with Crippen LogP contribution in [0.4, 0.5) is 0 Å². The fourth-order valence-corrected chi connectivity index (χ4v) is 1.53. The van der Waals surface area contributed by atoms with E-state index in [2.05, 4.69) is 15.0 Å². The van der Waals surface area contributed by atoms with Gasteiger partial charge in [-0.25, -0.2) is 0 Å². The van der Waals surface area contributed by atoms with Crippen molar-refractivity contribution < 1.29 is 9.32 Å².